The lowest BCUT2D eigenvalue weighted by Crippen LogP contribution is -2.37. The Hall–Kier alpha value is 0.200. The Morgan fingerprint density at radius 1 is 1.15 bits per heavy atom. The van der Waals surface area contributed by atoms with Crippen molar-refractivity contribution in [2.75, 3.05) is 17.5 Å². The predicted molar refractivity (Wildman–Crippen MR) is 65.1 cm³/mol. The van der Waals surface area contributed by atoms with E-state index in [9.17, 15) is 4.79 Å². The first-order chi connectivity index (χ1) is 5.97. The van der Waals surface area contributed by atoms with Gasteiger partial charge in [-0.05, 0) is 11.8 Å². The van der Waals surface area contributed by atoms with Gasteiger partial charge in [-0.15, -0.1) is 0 Å². The molecule has 0 heterocycles. The Morgan fingerprint density at radius 3 is 1.77 bits per heavy atom. The molecule has 0 aliphatic carbocycles. The summed E-state index contributed by atoms with van der Waals surface area (Å²) in [7, 11) is 0. The number of nitrogens with zero attached hydrogens (tertiary/aromatic N) is 1. The summed E-state index contributed by atoms with van der Waals surface area (Å²) in [4.78, 5) is 13.5. The minimum absolute atomic E-state index is 0.267. The van der Waals surface area contributed by atoms with Gasteiger partial charge in [-0.1, -0.05) is 50.3 Å². The molecule has 2 nitrogen and oxygen atoms in total. The van der Waals surface area contributed by atoms with E-state index in [4.69, 9.17) is 0 Å². The van der Waals surface area contributed by atoms with Crippen LogP contribution >= 0.6 is 22.6 Å². The molecule has 0 fully saturated rings. The number of halogens is 1. The Labute approximate surface area is 95.2 Å². The molecule has 0 aliphatic rings. The summed E-state index contributed by atoms with van der Waals surface area (Å²) in [6.45, 7) is 10.4. The monoisotopic (exact) mass is 297 g/mol. The zero-order chi connectivity index (χ0) is 10.4. The number of hydrogen-bond acceptors (Lipinski definition) is 1. The molecule has 0 bridgehead atoms. The highest BCUT2D eigenvalue weighted by atomic mass is 127. The fourth-order valence-corrected chi connectivity index (χ4v) is 1.73. The van der Waals surface area contributed by atoms with Crippen molar-refractivity contribution in [1.29, 1.82) is 0 Å². The van der Waals surface area contributed by atoms with E-state index in [1.807, 2.05) is 4.90 Å². The number of carbonyl (C=O) groups is 1. The minimum atomic E-state index is 0.267. The van der Waals surface area contributed by atoms with Crippen molar-refractivity contribution in [3.63, 3.8) is 0 Å². The molecule has 0 aromatic rings. The van der Waals surface area contributed by atoms with Crippen molar-refractivity contribution in [2.24, 2.45) is 11.8 Å². The summed E-state index contributed by atoms with van der Waals surface area (Å²) in [6, 6.07) is 0. The number of carbonyl (C=O) groups excluding carboxylic acids is 1. The standard InChI is InChI=1S/C10H20INO/c1-8(2)6-12(7-9(3)4)10(13)5-11/h8-9H,5-7H2,1-4H3. The Balaban J connectivity index is 4.10. The lowest BCUT2D eigenvalue weighted by Gasteiger charge is -2.25. The molecular formula is C10H20INO. The average molecular weight is 297 g/mol. The molecule has 3 heteroatoms. The molecule has 0 aromatic heterocycles. The van der Waals surface area contributed by atoms with E-state index in [1.54, 1.807) is 0 Å². The van der Waals surface area contributed by atoms with Crippen molar-refractivity contribution >= 4 is 28.5 Å². The Kier molecular flexibility index (Phi) is 6.73. The zero-order valence-corrected chi connectivity index (χ0v) is 11.2. The van der Waals surface area contributed by atoms with Crippen molar-refractivity contribution in [3.05, 3.63) is 0 Å². The smallest absolute Gasteiger partial charge is 0.232 e. The van der Waals surface area contributed by atoms with E-state index in [-0.39, 0.29) is 5.91 Å². The molecule has 0 aliphatic heterocycles. The molecule has 0 N–H and O–H groups in total. The van der Waals surface area contributed by atoms with E-state index >= 15 is 0 Å². The molecule has 0 rings (SSSR count). The Bertz CT molecular complexity index is 147. The van der Waals surface area contributed by atoms with Crippen molar-refractivity contribution in [1.82, 2.24) is 4.90 Å². The quantitative estimate of drug-likeness (QED) is 0.564. The molecule has 0 saturated carbocycles. The first kappa shape index (κ1) is 13.2. The molecule has 0 unspecified atom stereocenters. The largest absolute Gasteiger partial charge is 0.342 e. The van der Waals surface area contributed by atoms with Crippen molar-refractivity contribution in [2.45, 2.75) is 27.7 Å². The third-order valence-electron chi connectivity index (χ3n) is 1.64. The fraction of sp³-hybridized carbons (Fsp3) is 0.900. The third-order valence-corrected chi connectivity index (χ3v) is 2.29. The topological polar surface area (TPSA) is 20.3 Å². The number of rotatable bonds is 5. The maximum absolute atomic E-state index is 11.5. The minimum Gasteiger partial charge on any atom is -0.342 e. The summed E-state index contributed by atoms with van der Waals surface area (Å²) in [6.07, 6.45) is 0. The third kappa shape index (κ3) is 6.29. The maximum atomic E-state index is 11.5. The molecule has 1 amide bonds. The van der Waals surface area contributed by atoms with Crippen LogP contribution in [0, 0.1) is 11.8 Å². The lowest BCUT2D eigenvalue weighted by atomic mass is 10.1. The summed E-state index contributed by atoms with van der Waals surface area (Å²) >= 11 is 2.13. The second kappa shape index (κ2) is 6.62. The van der Waals surface area contributed by atoms with Gasteiger partial charge < -0.3 is 4.90 Å². The molecule has 13 heavy (non-hydrogen) atoms. The van der Waals surface area contributed by atoms with E-state index in [1.165, 1.54) is 0 Å². The van der Waals surface area contributed by atoms with Crippen LogP contribution in [0.5, 0.6) is 0 Å². The van der Waals surface area contributed by atoms with Crippen LogP contribution in [-0.2, 0) is 4.79 Å². The summed E-state index contributed by atoms with van der Waals surface area (Å²) < 4.78 is 0.594. The van der Waals surface area contributed by atoms with Crippen LogP contribution in [0.25, 0.3) is 0 Å². The van der Waals surface area contributed by atoms with Crippen molar-refractivity contribution < 1.29 is 4.79 Å². The first-order valence-electron chi connectivity index (χ1n) is 4.81. The normalized spacial score (nSPS) is 11.0. The van der Waals surface area contributed by atoms with Crippen LogP contribution in [0.2, 0.25) is 0 Å². The number of hydrogen-bond donors (Lipinski definition) is 0. The van der Waals surface area contributed by atoms with Gasteiger partial charge in [0, 0.05) is 13.1 Å². The van der Waals surface area contributed by atoms with Gasteiger partial charge in [-0.25, -0.2) is 0 Å². The first-order valence-corrected chi connectivity index (χ1v) is 6.33. The average Bonchev–Trinajstić information content (AvgIpc) is 2.00. The van der Waals surface area contributed by atoms with Crippen LogP contribution in [0.3, 0.4) is 0 Å². The molecular weight excluding hydrogens is 277 g/mol. The van der Waals surface area contributed by atoms with Crippen LogP contribution in [-0.4, -0.2) is 28.3 Å². The van der Waals surface area contributed by atoms with E-state index in [0.717, 1.165) is 13.1 Å². The van der Waals surface area contributed by atoms with E-state index in [2.05, 4.69) is 50.3 Å². The Morgan fingerprint density at radius 2 is 1.54 bits per heavy atom. The summed E-state index contributed by atoms with van der Waals surface area (Å²) in [5.41, 5.74) is 0. The predicted octanol–water partition coefficient (Wildman–Crippen LogP) is 2.56. The second-order valence-electron chi connectivity index (χ2n) is 4.22. The van der Waals surface area contributed by atoms with Crippen LogP contribution in [0.15, 0.2) is 0 Å². The molecule has 0 saturated heterocycles. The van der Waals surface area contributed by atoms with Gasteiger partial charge in [-0.3, -0.25) is 4.79 Å². The van der Waals surface area contributed by atoms with Gasteiger partial charge >= 0.3 is 0 Å². The molecule has 78 valence electrons. The van der Waals surface area contributed by atoms with E-state index in [0.29, 0.717) is 16.3 Å². The number of alkyl halides is 1. The summed E-state index contributed by atoms with van der Waals surface area (Å²) in [5.74, 6) is 1.39. The van der Waals surface area contributed by atoms with Crippen LogP contribution in [0.1, 0.15) is 27.7 Å². The zero-order valence-electron chi connectivity index (χ0n) is 9.01. The highest BCUT2D eigenvalue weighted by Gasteiger charge is 2.14. The molecule has 0 aromatic carbocycles. The van der Waals surface area contributed by atoms with E-state index < -0.39 is 0 Å². The molecule has 0 spiro atoms. The second-order valence-corrected chi connectivity index (χ2v) is 4.98. The number of amides is 1. The van der Waals surface area contributed by atoms with Gasteiger partial charge in [-0.2, -0.15) is 0 Å². The molecule has 0 radical (unpaired) electrons. The van der Waals surface area contributed by atoms with Crippen LogP contribution in [0.4, 0.5) is 0 Å². The SMILES string of the molecule is CC(C)CN(CC(C)C)C(=O)CI. The lowest BCUT2D eigenvalue weighted by molar-refractivity contribution is -0.129. The van der Waals surface area contributed by atoms with Gasteiger partial charge in [0.25, 0.3) is 0 Å². The molecule has 0 atom stereocenters. The van der Waals surface area contributed by atoms with Gasteiger partial charge in [0.2, 0.25) is 5.91 Å². The van der Waals surface area contributed by atoms with Gasteiger partial charge in [0.15, 0.2) is 0 Å². The highest BCUT2D eigenvalue weighted by Crippen LogP contribution is 2.05. The van der Waals surface area contributed by atoms with Gasteiger partial charge in [0.1, 0.15) is 0 Å². The summed E-state index contributed by atoms with van der Waals surface area (Å²) in [5, 5.41) is 0. The van der Waals surface area contributed by atoms with Crippen molar-refractivity contribution in [3.8, 4) is 0 Å². The maximum Gasteiger partial charge on any atom is 0.232 e. The fourth-order valence-electron chi connectivity index (χ4n) is 1.24. The van der Waals surface area contributed by atoms with Gasteiger partial charge in [0.05, 0.1) is 4.43 Å². The van der Waals surface area contributed by atoms with Crippen LogP contribution < -0.4 is 0 Å². The highest BCUT2D eigenvalue weighted by molar-refractivity contribution is 14.1.